The van der Waals surface area contributed by atoms with E-state index in [1.54, 1.807) is 0 Å². The second kappa shape index (κ2) is 6.06. The minimum absolute atomic E-state index is 0.349. The number of hydrogen-bond acceptors (Lipinski definition) is 1. The highest BCUT2D eigenvalue weighted by atomic mass is 14.8. The molecule has 0 rings (SSSR count). The molecule has 1 nitrogen and oxygen atoms in total. The summed E-state index contributed by atoms with van der Waals surface area (Å²) in [6, 6.07) is 0. The lowest BCUT2D eigenvalue weighted by atomic mass is 9.86. The van der Waals surface area contributed by atoms with E-state index in [-0.39, 0.29) is 0 Å². The third kappa shape index (κ3) is 6.68. The predicted molar refractivity (Wildman–Crippen MR) is 60.7 cm³/mol. The van der Waals surface area contributed by atoms with Gasteiger partial charge < -0.3 is 5.32 Å². The molecule has 0 aromatic rings. The van der Waals surface area contributed by atoms with Crippen molar-refractivity contribution < 1.29 is 0 Å². The van der Waals surface area contributed by atoms with Gasteiger partial charge in [0.1, 0.15) is 0 Å². The molecule has 0 atom stereocenters. The van der Waals surface area contributed by atoms with Crippen molar-refractivity contribution in [2.75, 3.05) is 7.05 Å². The molecule has 0 fully saturated rings. The topological polar surface area (TPSA) is 12.0 Å². The third-order valence-corrected chi connectivity index (χ3v) is 2.43. The fourth-order valence-corrected chi connectivity index (χ4v) is 1.56. The molecule has 0 bridgehead atoms. The molecule has 1 N–H and O–H groups in total. The quantitative estimate of drug-likeness (QED) is 0.619. The molecular weight excluding hydrogens is 158 g/mol. The lowest BCUT2D eigenvalue weighted by molar-refractivity contribution is 0.409. The highest BCUT2D eigenvalue weighted by Gasteiger charge is 2.13. The first kappa shape index (κ1) is 12.5. The van der Waals surface area contributed by atoms with Crippen LogP contribution in [0.5, 0.6) is 0 Å². The van der Waals surface area contributed by atoms with E-state index in [2.05, 4.69) is 39.1 Å². The molecular formula is C12H25N. The van der Waals surface area contributed by atoms with Crippen LogP contribution in [0.1, 0.15) is 53.4 Å². The predicted octanol–water partition coefficient (Wildman–Crippen LogP) is 3.72. The van der Waals surface area contributed by atoms with Crippen molar-refractivity contribution in [3.8, 4) is 0 Å². The van der Waals surface area contributed by atoms with Gasteiger partial charge in [-0.3, -0.25) is 0 Å². The summed E-state index contributed by atoms with van der Waals surface area (Å²) in [5, 5.41) is 3.17. The van der Waals surface area contributed by atoms with Gasteiger partial charge in [0.15, 0.2) is 0 Å². The average Bonchev–Trinajstić information content (AvgIpc) is 2.03. The van der Waals surface area contributed by atoms with Crippen molar-refractivity contribution in [3.63, 3.8) is 0 Å². The van der Waals surface area contributed by atoms with Gasteiger partial charge in [0.25, 0.3) is 0 Å². The maximum absolute atomic E-state index is 3.17. The molecule has 0 aromatic carbocycles. The zero-order chi connectivity index (χ0) is 10.3. The molecule has 0 spiro atoms. The molecule has 0 heterocycles. The zero-order valence-corrected chi connectivity index (χ0v) is 9.91. The molecule has 1 heteroatoms. The summed E-state index contributed by atoms with van der Waals surface area (Å²) in [5.41, 5.74) is 1.63. The molecule has 0 amide bonds. The summed E-state index contributed by atoms with van der Waals surface area (Å²) in [4.78, 5) is 0. The standard InChI is InChI=1S/C12H25N/c1-6-7-8-9-12(3,4)10-11(2)13-5/h10,13H,6-9H2,1-5H3/b11-10-. The number of rotatable bonds is 6. The molecule has 0 aliphatic carbocycles. The SMILES string of the molecule is CCCCCC(C)(C)/C=C(/C)NC. The summed E-state index contributed by atoms with van der Waals surface area (Å²) >= 11 is 0. The minimum Gasteiger partial charge on any atom is -0.392 e. The summed E-state index contributed by atoms with van der Waals surface area (Å²) in [5.74, 6) is 0. The second-order valence-electron chi connectivity index (χ2n) is 4.52. The van der Waals surface area contributed by atoms with Crippen molar-refractivity contribution in [2.24, 2.45) is 5.41 Å². The Morgan fingerprint density at radius 2 is 1.92 bits per heavy atom. The Labute approximate surface area is 83.6 Å². The van der Waals surface area contributed by atoms with E-state index in [1.165, 1.54) is 31.4 Å². The van der Waals surface area contributed by atoms with Crippen molar-refractivity contribution in [3.05, 3.63) is 11.8 Å². The van der Waals surface area contributed by atoms with E-state index in [0.29, 0.717) is 5.41 Å². The van der Waals surface area contributed by atoms with Crippen LogP contribution in [0.25, 0.3) is 0 Å². The van der Waals surface area contributed by atoms with Gasteiger partial charge in [-0.2, -0.15) is 0 Å². The third-order valence-electron chi connectivity index (χ3n) is 2.43. The number of nitrogens with one attached hydrogen (secondary N) is 1. The van der Waals surface area contributed by atoms with E-state index in [9.17, 15) is 0 Å². The molecule has 0 aromatic heterocycles. The van der Waals surface area contributed by atoms with Crippen molar-refractivity contribution in [1.29, 1.82) is 0 Å². The Morgan fingerprint density at radius 1 is 1.31 bits per heavy atom. The van der Waals surface area contributed by atoms with Gasteiger partial charge in [0.05, 0.1) is 0 Å². The van der Waals surface area contributed by atoms with Crippen LogP contribution in [-0.2, 0) is 0 Å². The zero-order valence-electron chi connectivity index (χ0n) is 9.91. The number of allylic oxidation sites excluding steroid dienone is 2. The van der Waals surface area contributed by atoms with Crippen molar-refractivity contribution in [1.82, 2.24) is 5.32 Å². The first-order valence-electron chi connectivity index (χ1n) is 5.39. The van der Waals surface area contributed by atoms with Crippen LogP contribution >= 0.6 is 0 Å². The van der Waals surface area contributed by atoms with Gasteiger partial charge in [-0.25, -0.2) is 0 Å². The molecule has 0 aliphatic rings. The molecule has 0 radical (unpaired) electrons. The van der Waals surface area contributed by atoms with Gasteiger partial charge in [0.2, 0.25) is 0 Å². The van der Waals surface area contributed by atoms with Gasteiger partial charge in [0, 0.05) is 12.7 Å². The van der Waals surface area contributed by atoms with E-state index >= 15 is 0 Å². The van der Waals surface area contributed by atoms with Gasteiger partial charge in [-0.1, -0.05) is 46.1 Å². The van der Waals surface area contributed by atoms with Gasteiger partial charge >= 0.3 is 0 Å². The van der Waals surface area contributed by atoms with Gasteiger partial charge in [-0.15, -0.1) is 0 Å². The first-order chi connectivity index (χ1) is 6.02. The largest absolute Gasteiger partial charge is 0.392 e. The lowest BCUT2D eigenvalue weighted by Crippen LogP contribution is -2.12. The molecule has 78 valence electrons. The summed E-state index contributed by atoms with van der Waals surface area (Å²) in [7, 11) is 1.98. The van der Waals surface area contributed by atoms with Crippen LogP contribution in [-0.4, -0.2) is 7.05 Å². The van der Waals surface area contributed by atoms with Crippen molar-refractivity contribution >= 4 is 0 Å². The summed E-state index contributed by atoms with van der Waals surface area (Å²) in [6.07, 6.45) is 7.64. The summed E-state index contributed by atoms with van der Waals surface area (Å²) in [6.45, 7) is 9.00. The van der Waals surface area contributed by atoms with Crippen LogP contribution < -0.4 is 5.32 Å². The molecule has 0 saturated heterocycles. The monoisotopic (exact) mass is 183 g/mol. The smallest absolute Gasteiger partial charge is 0.00373 e. The first-order valence-corrected chi connectivity index (χ1v) is 5.39. The average molecular weight is 183 g/mol. The normalized spacial score (nSPS) is 13.2. The highest BCUT2D eigenvalue weighted by Crippen LogP contribution is 2.26. The molecule has 13 heavy (non-hydrogen) atoms. The molecule has 0 aliphatic heterocycles. The van der Waals surface area contributed by atoms with Gasteiger partial charge in [-0.05, 0) is 18.8 Å². The van der Waals surface area contributed by atoms with Crippen LogP contribution in [0.4, 0.5) is 0 Å². The fourth-order valence-electron chi connectivity index (χ4n) is 1.56. The van der Waals surface area contributed by atoms with Crippen LogP contribution in [0.2, 0.25) is 0 Å². The number of hydrogen-bond donors (Lipinski definition) is 1. The van der Waals surface area contributed by atoms with Crippen LogP contribution in [0.15, 0.2) is 11.8 Å². The molecule has 0 unspecified atom stereocenters. The Morgan fingerprint density at radius 3 is 2.38 bits per heavy atom. The van der Waals surface area contributed by atoms with E-state index in [1.807, 2.05) is 7.05 Å². The second-order valence-corrected chi connectivity index (χ2v) is 4.52. The number of unbranched alkanes of at least 4 members (excludes halogenated alkanes) is 2. The summed E-state index contributed by atoms with van der Waals surface area (Å²) < 4.78 is 0. The van der Waals surface area contributed by atoms with Crippen LogP contribution in [0.3, 0.4) is 0 Å². The van der Waals surface area contributed by atoms with E-state index < -0.39 is 0 Å². The van der Waals surface area contributed by atoms with E-state index in [0.717, 1.165) is 0 Å². The van der Waals surface area contributed by atoms with E-state index in [4.69, 9.17) is 0 Å². The Kier molecular flexibility index (Phi) is 5.85. The fraction of sp³-hybridized carbons (Fsp3) is 0.833. The Bertz CT molecular complexity index is 157. The minimum atomic E-state index is 0.349. The maximum Gasteiger partial charge on any atom is 0.00373 e. The molecule has 0 saturated carbocycles. The lowest BCUT2D eigenvalue weighted by Gasteiger charge is -2.21. The van der Waals surface area contributed by atoms with Crippen molar-refractivity contribution in [2.45, 2.75) is 53.4 Å². The maximum atomic E-state index is 3.17. The highest BCUT2D eigenvalue weighted by molar-refractivity contribution is 5.02. The Balaban J connectivity index is 3.92. The van der Waals surface area contributed by atoms with Crippen LogP contribution in [0, 0.1) is 5.41 Å². The Hall–Kier alpha value is -0.460.